The molecule has 1 aromatic heterocycles. The van der Waals surface area contributed by atoms with E-state index in [1.165, 1.54) is 0 Å². The largest absolute Gasteiger partial charge is 0.481 e. The average molecular weight is 265 g/mol. The van der Waals surface area contributed by atoms with Crippen molar-refractivity contribution in [3.8, 4) is 0 Å². The third kappa shape index (κ3) is 4.24. The molecule has 1 amide bonds. The lowest BCUT2D eigenvalue weighted by atomic mass is 10.1. The Hall–Kier alpha value is -2.11. The molecule has 0 spiro atoms. The number of rotatable bonds is 6. The minimum absolute atomic E-state index is 0.0491. The van der Waals surface area contributed by atoms with Crippen LogP contribution >= 0.6 is 0 Å². The highest BCUT2D eigenvalue weighted by Gasteiger charge is 2.15. The van der Waals surface area contributed by atoms with E-state index in [9.17, 15) is 9.59 Å². The molecule has 1 unspecified atom stereocenters. The van der Waals surface area contributed by atoms with Crippen LogP contribution in [0, 0.1) is 19.8 Å². The van der Waals surface area contributed by atoms with E-state index in [4.69, 9.17) is 10.8 Å². The number of nitrogens with zero attached hydrogens (tertiary/aromatic N) is 1. The number of hydrogen-bond acceptors (Lipinski definition) is 4. The van der Waals surface area contributed by atoms with E-state index in [0.29, 0.717) is 23.5 Å². The SMILES string of the molecule is Cc1cc(NCC(C)CC(=O)O)c(C(N)=O)c(C)n1. The first-order valence-corrected chi connectivity index (χ1v) is 6.05. The van der Waals surface area contributed by atoms with Crippen molar-refractivity contribution in [2.45, 2.75) is 27.2 Å². The lowest BCUT2D eigenvalue weighted by Crippen LogP contribution is -2.20. The van der Waals surface area contributed by atoms with Gasteiger partial charge in [-0.05, 0) is 25.8 Å². The Kier molecular flexibility index (Phi) is 4.86. The number of carboxylic acid groups (broad SMARTS) is 1. The lowest BCUT2D eigenvalue weighted by molar-refractivity contribution is -0.137. The summed E-state index contributed by atoms with van der Waals surface area (Å²) in [4.78, 5) is 26.2. The van der Waals surface area contributed by atoms with Gasteiger partial charge in [0.1, 0.15) is 0 Å². The van der Waals surface area contributed by atoms with Gasteiger partial charge in [-0.1, -0.05) is 6.92 Å². The van der Waals surface area contributed by atoms with E-state index >= 15 is 0 Å². The molecule has 0 aliphatic rings. The zero-order valence-corrected chi connectivity index (χ0v) is 11.4. The molecule has 0 aliphatic carbocycles. The van der Waals surface area contributed by atoms with Gasteiger partial charge in [0, 0.05) is 18.7 Å². The van der Waals surface area contributed by atoms with Gasteiger partial charge in [0.25, 0.3) is 5.91 Å². The Morgan fingerprint density at radius 3 is 2.63 bits per heavy atom. The van der Waals surface area contributed by atoms with Crippen molar-refractivity contribution >= 4 is 17.6 Å². The second-order valence-electron chi connectivity index (χ2n) is 4.72. The van der Waals surface area contributed by atoms with Gasteiger partial charge >= 0.3 is 5.97 Å². The average Bonchev–Trinajstić information content (AvgIpc) is 2.23. The first-order chi connectivity index (χ1) is 8.81. The first-order valence-electron chi connectivity index (χ1n) is 6.05. The quantitative estimate of drug-likeness (QED) is 0.719. The van der Waals surface area contributed by atoms with Crippen molar-refractivity contribution in [3.05, 3.63) is 23.0 Å². The smallest absolute Gasteiger partial charge is 0.303 e. The van der Waals surface area contributed by atoms with Gasteiger partial charge in [-0.3, -0.25) is 14.6 Å². The minimum Gasteiger partial charge on any atom is -0.481 e. The molecule has 4 N–H and O–H groups in total. The highest BCUT2D eigenvalue weighted by Crippen LogP contribution is 2.19. The summed E-state index contributed by atoms with van der Waals surface area (Å²) in [5.41, 5.74) is 7.64. The Balaban J connectivity index is 2.88. The van der Waals surface area contributed by atoms with Crippen LogP contribution in [0.4, 0.5) is 5.69 Å². The fraction of sp³-hybridized carbons (Fsp3) is 0.462. The molecule has 0 aromatic carbocycles. The molecule has 6 heteroatoms. The number of aromatic nitrogens is 1. The molecule has 0 saturated heterocycles. The van der Waals surface area contributed by atoms with E-state index in [-0.39, 0.29) is 12.3 Å². The molecule has 0 fully saturated rings. The van der Waals surface area contributed by atoms with Crippen LogP contribution in [0.1, 0.15) is 35.1 Å². The van der Waals surface area contributed by atoms with Crippen molar-refractivity contribution in [2.75, 3.05) is 11.9 Å². The number of carboxylic acids is 1. The fourth-order valence-corrected chi connectivity index (χ4v) is 1.93. The van der Waals surface area contributed by atoms with Gasteiger partial charge < -0.3 is 16.2 Å². The summed E-state index contributed by atoms with van der Waals surface area (Å²) in [5, 5.41) is 11.8. The monoisotopic (exact) mass is 265 g/mol. The third-order valence-electron chi connectivity index (χ3n) is 2.74. The number of carbonyl (C=O) groups is 2. The highest BCUT2D eigenvalue weighted by molar-refractivity contribution is 5.99. The Bertz CT molecular complexity index is 500. The van der Waals surface area contributed by atoms with Gasteiger partial charge in [-0.15, -0.1) is 0 Å². The molecule has 0 saturated carbocycles. The molecule has 1 aromatic rings. The molecule has 1 heterocycles. The summed E-state index contributed by atoms with van der Waals surface area (Å²) < 4.78 is 0. The summed E-state index contributed by atoms with van der Waals surface area (Å²) in [6.07, 6.45) is 0.0714. The normalized spacial score (nSPS) is 11.9. The number of aryl methyl sites for hydroxylation is 2. The van der Waals surface area contributed by atoms with Crippen molar-refractivity contribution in [1.82, 2.24) is 4.98 Å². The summed E-state index contributed by atoms with van der Waals surface area (Å²) in [5.74, 6) is -1.43. The first kappa shape index (κ1) is 14.9. The summed E-state index contributed by atoms with van der Waals surface area (Å²) in [6, 6.07) is 1.74. The third-order valence-corrected chi connectivity index (χ3v) is 2.74. The number of aliphatic carboxylic acids is 1. The van der Waals surface area contributed by atoms with Crippen molar-refractivity contribution in [3.63, 3.8) is 0 Å². The van der Waals surface area contributed by atoms with Crippen LogP contribution in [0.3, 0.4) is 0 Å². The maximum atomic E-state index is 11.4. The Labute approximate surface area is 112 Å². The van der Waals surface area contributed by atoms with Gasteiger partial charge in [-0.25, -0.2) is 0 Å². The van der Waals surface area contributed by atoms with Crippen molar-refractivity contribution in [1.29, 1.82) is 0 Å². The lowest BCUT2D eigenvalue weighted by Gasteiger charge is -2.15. The molecule has 1 rings (SSSR count). The topological polar surface area (TPSA) is 105 Å². The Morgan fingerprint density at radius 2 is 2.11 bits per heavy atom. The predicted molar refractivity (Wildman–Crippen MR) is 72.1 cm³/mol. The number of pyridine rings is 1. The van der Waals surface area contributed by atoms with E-state index in [2.05, 4.69) is 10.3 Å². The summed E-state index contributed by atoms with van der Waals surface area (Å²) >= 11 is 0. The van der Waals surface area contributed by atoms with Crippen molar-refractivity contribution < 1.29 is 14.7 Å². The number of anilines is 1. The van der Waals surface area contributed by atoms with Crippen LogP contribution in [0.15, 0.2) is 6.07 Å². The van der Waals surface area contributed by atoms with Crippen LogP contribution in [-0.2, 0) is 4.79 Å². The molecule has 1 atom stereocenters. The molecule has 104 valence electrons. The number of nitrogens with one attached hydrogen (secondary N) is 1. The van der Waals surface area contributed by atoms with Gasteiger partial charge in [-0.2, -0.15) is 0 Å². The zero-order valence-electron chi connectivity index (χ0n) is 11.4. The second-order valence-corrected chi connectivity index (χ2v) is 4.72. The molecule has 19 heavy (non-hydrogen) atoms. The number of carbonyl (C=O) groups excluding carboxylic acids is 1. The number of hydrogen-bond donors (Lipinski definition) is 3. The van der Waals surface area contributed by atoms with Gasteiger partial charge in [0.2, 0.25) is 0 Å². The minimum atomic E-state index is -0.841. The predicted octanol–water partition coefficient (Wildman–Crippen LogP) is 1.32. The van der Waals surface area contributed by atoms with Crippen LogP contribution in [0.2, 0.25) is 0 Å². The molecular weight excluding hydrogens is 246 g/mol. The van der Waals surface area contributed by atoms with Gasteiger partial charge in [0.15, 0.2) is 0 Å². The van der Waals surface area contributed by atoms with E-state index in [0.717, 1.165) is 5.69 Å². The van der Waals surface area contributed by atoms with Crippen LogP contribution in [0.5, 0.6) is 0 Å². The zero-order chi connectivity index (χ0) is 14.6. The van der Waals surface area contributed by atoms with E-state index < -0.39 is 11.9 Å². The highest BCUT2D eigenvalue weighted by atomic mass is 16.4. The molecule has 0 radical (unpaired) electrons. The maximum absolute atomic E-state index is 11.4. The Morgan fingerprint density at radius 1 is 1.47 bits per heavy atom. The number of nitrogens with two attached hydrogens (primary N) is 1. The van der Waals surface area contributed by atoms with Crippen LogP contribution < -0.4 is 11.1 Å². The second kappa shape index (κ2) is 6.17. The maximum Gasteiger partial charge on any atom is 0.303 e. The molecule has 6 nitrogen and oxygen atoms in total. The van der Waals surface area contributed by atoms with E-state index in [1.54, 1.807) is 13.0 Å². The number of amides is 1. The van der Waals surface area contributed by atoms with E-state index in [1.807, 2.05) is 13.8 Å². The molecule has 0 bridgehead atoms. The van der Waals surface area contributed by atoms with Crippen molar-refractivity contribution in [2.24, 2.45) is 11.7 Å². The van der Waals surface area contributed by atoms with Crippen LogP contribution in [0.25, 0.3) is 0 Å². The summed E-state index contributed by atoms with van der Waals surface area (Å²) in [7, 11) is 0. The van der Waals surface area contributed by atoms with Crippen LogP contribution in [-0.4, -0.2) is 28.5 Å². The molecule has 0 aliphatic heterocycles. The molecular formula is C13H19N3O3. The summed E-state index contributed by atoms with van der Waals surface area (Å²) in [6.45, 7) is 5.82. The fourth-order valence-electron chi connectivity index (χ4n) is 1.93. The van der Waals surface area contributed by atoms with Gasteiger partial charge in [0.05, 0.1) is 16.9 Å². The standard InChI is InChI=1S/C13H19N3O3/c1-7(4-11(17)18)6-15-10-5-8(2)16-9(3)12(10)13(14)19/h5,7H,4,6H2,1-3H3,(H2,14,19)(H,15,16)(H,17,18). The number of primary amides is 1.